The van der Waals surface area contributed by atoms with E-state index in [0.717, 1.165) is 13.0 Å². The van der Waals surface area contributed by atoms with E-state index in [0.29, 0.717) is 18.1 Å². The third kappa shape index (κ3) is 3.73. The van der Waals surface area contributed by atoms with Crippen LogP contribution in [0.25, 0.3) is 0 Å². The molecule has 1 N–H and O–H groups in total. The third-order valence-corrected chi connectivity index (χ3v) is 3.45. The summed E-state index contributed by atoms with van der Waals surface area (Å²) in [6.07, 6.45) is 0.458. The quantitative estimate of drug-likeness (QED) is 0.713. The molecule has 2 atom stereocenters. The van der Waals surface area contributed by atoms with Crippen LogP contribution in [0.15, 0.2) is 0 Å². The van der Waals surface area contributed by atoms with E-state index in [1.807, 2.05) is 13.0 Å². The van der Waals surface area contributed by atoms with Gasteiger partial charge in [-0.2, -0.15) is 5.26 Å². The molecule has 0 bridgehead atoms. The van der Waals surface area contributed by atoms with Gasteiger partial charge in [-0.15, -0.1) is 11.8 Å². The zero-order valence-electron chi connectivity index (χ0n) is 8.85. The second kappa shape index (κ2) is 5.99. The van der Waals surface area contributed by atoms with Gasteiger partial charge in [0.1, 0.15) is 0 Å². The highest BCUT2D eigenvalue weighted by Gasteiger charge is 2.26. The molecule has 4 nitrogen and oxygen atoms in total. The van der Waals surface area contributed by atoms with Gasteiger partial charge in [0.25, 0.3) is 0 Å². The Balaban J connectivity index is 2.31. The van der Waals surface area contributed by atoms with Crippen LogP contribution in [0.1, 0.15) is 13.3 Å². The van der Waals surface area contributed by atoms with Gasteiger partial charge in [0.15, 0.2) is 0 Å². The van der Waals surface area contributed by atoms with E-state index in [4.69, 9.17) is 5.26 Å². The summed E-state index contributed by atoms with van der Waals surface area (Å²) in [5.41, 5.74) is 0. The fourth-order valence-electron chi connectivity index (χ4n) is 1.55. The van der Waals surface area contributed by atoms with Gasteiger partial charge in [0.05, 0.1) is 23.7 Å². The standard InChI is InChI=1S/C10H16N2O2S/c1-8-2-4-12(6-9(8)13)10(14)7-15-5-3-11/h8-9,13H,2,4-7H2,1H3. The van der Waals surface area contributed by atoms with E-state index in [1.165, 1.54) is 11.8 Å². The predicted octanol–water partition coefficient (Wildman–Crippen LogP) is 0.472. The van der Waals surface area contributed by atoms with Crippen LogP contribution in [0.4, 0.5) is 0 Å². The van der Waals surface area contributed by atoms with Crippen molar-refractivity contribution in [1.82, 2.24) is 4.90 Å². The smallest absolute Gasteiger partial charge is 0.232 e. The normalized spacial score (nSPS) is 26.1. The Labute approximate surface area is 94.2 Å². The number of nitrogens with zero attached hydrogens (tertiary/aromatic N) is 2. The molecule has 0 aromatic carbocycles. The number of thioether (sulfide) groups is 1. The highest BCUT2D eigenvalue weighted by atomic mass is 32.2. The number of aliphatic hydroxyl groups is 1. The lowest BCUT2D eigenvalue weighted by molar-refractivity contribution is -0.132. The lowest BCUT2D eigenvalue weighted by Crippen LogP contribution is -2.46. The number of amides is 1. The summed E-state index contributed by atoms with van der Waals surface area (Å²) in [7, 11) is 0. The van der Waals surface area contributed by atoms with E-state index in [2.05, 4.69) is 0 Å². The Morgan fingerprint density at radius 3 is 3.07 bits per heavy atom. The number of nitriles is 1. The minimum Gasteiger partial charge on any atom is -0.391 e. The van der Waals surface area contributed by atoms with Gasteiger partial charge in [-0.3, -0.25) is 4.79 Å². The monoisotopic (exact) mass is 228 g/mol. The van der Waals surface area contributed by atoms with Crippen molar-refractivity contribution in [1.29, 1.82) is 5.26 Å². The summed E-state index contributed by atoms with van der Waals surface area (Å²) >= 11 is 1.32. The molecule has 1 heterocycles. The van der Waals surface area contributed by atoms with Crippen LogP contribution >= 0.6 is 11.8 Å². The molecule has 84 valence electrons. The number of carbonyl (C=O) groups excluding carboxylic acids is 1. The molecule has 2 unspecified atom stereocenters. The summed E-state index contributed by atoms with van der Waals surface area (Å²) in [6.45, 7) is 3.16. The average molecular weight is 228 g/mol. The Morgan fingerprint density at radius 1 is 1.73 bits per heavy atom. The van der Waals surface area contributed by atoms with E-state index in [-0.39, 0.29) is 11.8 Å². The van der Waals surface area contributed by atoms with Gasteiger partial charge in [-0.25, -0.2) is 0 Å². The molecule has 1 rings (SSSR count). The van der Waals surface area contributed by atoms with Crippen molar-refractivity contribution in [2.75, 3.05) is 24.6 Å². The molecule has 5 heteroatoms. The third-order valence-electron chi connectivity index (χ3n) is 2.66. The molecule has 0 aromatic heterocycles. The van der Waals surface area contributed by atoms with Gasteiger partial charge in [-0.05, 0) is 12.3 Å². The zero-order valence-corrected chi connectivity index (χ0v) is 9.66. The van der Waals surface area contributed by atoms with Crippen LogP contribution in [0.3, 0.4) is 0 Å². The average Bonchev–Trinajstić information content (AvgIpc) is 2.22. The molecule has 1 aliphatic rings. The largest absolute Gasteiger partial charge is 0.391 e. The lowest BCUT2D eigenvalue weighted by Gasteiger charge is -2.34. The Bertz CT molecular complexity index is 265. The summed E-state index contributed by atoms with van der Waals surface area (Å²) in [5, 5.41) is 17.9. The van der Waals surface area contributed by atoms with Gasteiger partial charge in [0.2, 0.25) is 5.91 Å². The first-order chi connectivity index (χ1) is 7.15. The summed E-state index contributed by atoms with van der Waals surface area (Å²) in [4.78, 5) is 13.3. The number of β-amino-alcohol motifs (C(OH)–C–C–N with tert-alkyl or cyclic N) is 1. The number of likely N-dealkylation sites (tertiary alicyclic amines) is 1. The van der Waals surface area contributed by atoms with Gasteiger partial charge >= 0.3 is 0 Å². The maximum absolute atomic E-state index is 11.6. The van der Waals surface area contributed by atoms with E-state index in [9.17, 15) is 9.90 Å². The molecular weight excluding hydrogens is 212 g/mol. The fraction of sp³-hybridized carbons (Fsp3) is 0.800. The summed E-state index contributed by atoms with van der Waals surface area (Å²) in [6, 6.07) is 1.98. The van der Waals surface area contributed by atoms with E-state index in [1.54, 1.807) is 4.90 Å². The first-order valence-electron chi connectivity index (χ1n) is 5.05. The Kier molecular flexibility index (Phi) is 4.92. The van der Waals surface area contributed by atoms with Crippen molar-refractivity contribution in [3.8, 4) is 6.07 Å². The highest BCUT2D eigenvalue weighted by molar-refractivity contribution is 8.00. The molecule has 0 spiro atoms. The molecular formula is C10H16N2O2S. The van der Waals surface area contributed by atoms with E-state index >= 15 is 0 Å². The van der Waals surface area contributed by atoms with Gasteiger partial charge in [-0.1, -0.05) is 6.92 Å². The van der Waals surface area contributed by atoms with E-state index < -0.39 is 6.10 Å². The number of hydrogen-bond acceptors (Lipinski definition) is 4. The molecule has 0 radical (unpaired) electrons. The molecule has 0 aromatic rings. The predicted molar refractivity (Wildman–Crippen MR) is 59.3 cm³/mol. The molecule has 1 fully saturated rings. The first kappa shape index (κ1) is 12.3. The van der Waals surface area contributed by atoms with Crippen LogP contribution in [0.2, 0.25) is 0 Å². The molecule has 1 amide bonds. The van der Waals surface area contributed by atoms with Crippen molar-refractivity contribution >= 4 is 17.7 Å². The fourth-order valence-corrected chi connectivity index (χ4v) is 2.10. The zero-order chi connectivity index (χ0) is 11.3. The Hall–Kier alpha value is -0.730. The molecule has 1 aliphatic heterocycles. The second-order valence-corrected chi connectivity index (χ2v) is 4.81. The number of rotatable bonds is 3. The van der Waals surface area contributed by atoms with Crippen molar-refractivity contribution in [3.05, 3.63) is 0 Å². The van der Waals surface area contributed by atoms with Crippen molar-refractivity contribution < 1.29 is 9.90 Å². The van der Waals surface area contributed by atoms with Crippen molar-refractivity contribution in [3.63, 3.8) is 0 Å². The molecule has 0 aliphatic carbocycles. The van der Waals surface area contributed by atoms with Crippen molar-refractivity contribution in [2.24, 2.45) is 5.92 Å². The number of carbonyl (C=O) groups is 1. The van der Waals surface area contributed by atoms with Crippen LogP contribution in [0.5, 0.6) is 0 Å². The molecule has 0 saturated carbocycles. The van der Waals surface area contributed by atoms with Crippen LogP contribution < -0.4 is 0 Å². The minimum absolute atomic E-state index is 0.0289. The molecule has 1 saturated heterocycles. The summed E-state index contributed by atoms with van der Waals surface area (Å²) in [5.74, 6) is 0.995. The van der Waals surface area contributed by atoms with Crippen LogP contribution in [0, 0.1) is 17.2 Å². The highest BCUT2D eigenvalue weighted by Crippen LogP contribution is 2.17. The minimum atomic E-state index is -0.399. The second-order valence-electron chi connectivity index (χ2n) is 3.82. The number of aliphatic hydroxyl groups excluding tert-OH is 1. The Morgan fingerprint density at radius 2 is 2.47 bits per heavy atom. The van der Waals surface area contributed by atoms with Gasteiger partial charge < -0.3 is 10.0 Å². The maximum atomic E-state index is 11.6. The lowest BCUT2D eigenvalue weighted by atomic mass is 9.96. The van der Waals surface area contributed by atoms with Crippen LogP contribution in [-0.4, -0.2) is 46.6 Å². The van der Waals surface area contributed by atoms with Crippen molar-refractivity contribution in [2.45, 2.75) is 19.4 Å². The number of piperidine rings is 1. The number of hydrogen-bond donors (Lipinski definition) is 1. The topological polar surface area (TPSA) is 64.3 Å². The first-order valence-corrected chi connectivity index (χ1v) is 6.21. The summed E-state index contributed by atoms with van der Waals surface area (Å²) < 4.78 is 0. The molecule has 15 heavy (non-hydrogen) atoms. The van der Waals surface area contributed by atoms with Crippen LogP contribution in [-0.2, 0) is 4.79 Å². The maximum Gasteiger partial charge on any atom is 0.232 e. The van der Waals surface area contributed by atoms with Gasteiger partial charge in [0, 0.05) is 13.1 Å². The SMILES string of the molecule is CC1CCN(C(=O)CSCC#N)CC1O.